The summed E-state index contributed by atoms with van der Waals surface area (Å²) in [7, 11) is 0. The van der Waals surface area contributed by atoms with E-state index >= 15 is 0 Å². The maximum Gasteiger partial charge on any atom is 0.117 e. The fourth-order valence-electron chi connectivity index (χ4n) is 3.03. The molecule has 18 heavy (non-hydrogen) atoms. The molecule has 0 spiro atoms. The summed E-state index contributed by atoms with van der Waals surface area (Å²) >= 11 is 0. The molecule has 0 aliphatic heterocycles. The number of hydrogen-bond acceptors (Lipinski definition) is 2. The van der Waals surface area contributed by atoms with Crippen molar-refractivity contribution in [1.29, 1.82) is 0 Å². The zero-order valence-electron chi connectivity index (χ0n) is 11.7. The van der Waals surface area contributed by atoms with Gasteiger partial charge in [-0.25, -0.2) is 0 Å². The van der Waals surface area contributed by atoms with Crippen LogP contribution in [0.5, 0.6) is 0 Å². The fourth-order valence-corrected chi connectivity index (χ4v) is 3.03. The van der Waals surface area contributed by atoms with Crippen molar-refractivity contribution in [3.05, 3.63) is 24.2 Å². The monoisotopic (exact) mass is 249 g/mol. The smallest absolute Gasteiger partial charge is 0.117 e. The van der Waals surface area contributed by atoms with E-state index in [0.29, 0.717) is 0 Å². The molecule has 0 radical (unpaired) electrons. The Hall–Kier alpha value is -0.760. The predicted molar refractivity (Wildman–Crippen MR) is 75.4 cm³/mol. The van der Waals surface area contributed by atoms with Crippen LogP contribution < -0.4 is 5.32 Å². The Kier molecular flexibility index (Phi) is 5.79. The molecule has 1 fully saturated rings. The molecule has 0 unspecified atom stereocenters. The molecule has 1 aromatic rings. The van der Waals surface area contributed by atoms with Gasteiger partial charge < -0.3 is 9.73 Å². The highest BCUT2D eigenvalue weighted by atomic mass is 16.3. The molecule has 1 aromatic heterocycles. The minimum atomic E-state index is 0.878. The Morgan fingerprint density at radius 1 is 1.22 bits per heavy atom. The van der Waals surface area contributed by atoms with Crippen molar-refractivity contribution in [2.45, 2.75) is 58.4 Å². The molecule has 0 saturated heterocycles. The van der Waals surface area contributed by atoms with Crippen molar-refractivity contribution in [2.75, 3.05) is 6.54 Å². The van der Waals surface area contributed by atoms with Crippen molar-refractivity contribution in [2.24, 2.45) is 11.8 Å². The van der Waals surface area contributed by atoms with Crippen LogP contribution in [0.2, 0.25) is 0 Å². The van der Waals surface area contributed by atoms with Crippen LogP contribution >= 0.6 is 0 Å². The molecule has 1 heterocycles. The zero-order chi connectivity index (χ0) is 12.6. The largest absolute Gasteiger partial charge is 0.468 e. The molecule has 2 rings (SSSR count). The van der Waals surface area contributed by atoms with Crippen LogP contribution in [0.25, 0.3) is 0 Å². The minimum absolute atomic E-state index is 0.878. The highest BCUT2D eigenvalue weighted by Gasteiger charge is 2.20. The lowest BCUT2D eigenvalue weighted by atomic mass is 9.80. The average molecular weight is 249 g/mol. The summed E-state index contributed by atoms with van der Waals surface area (Å²) in [6, 6.07) is 3.99. The van der Waals surface area contributed by atoms with Crippen molar-refractivity contribution in [3.8, 4) is 0 Å². The molecule has 102 valence electrons. The first kappa shape index (κ1) is 13.7. The molecular formula is C16H27NO. The third kappa shape index (κ3) is 4.49. The number of furan rings is 1. The molecule has 1 aliphatic rings. The topological polar surface area (TPSA) is 25.2 Å². The van der Waals surface area contributed by atoms with E-state index < -0.39 is 0 Å². The summed E-state index contributed by atoms with van der Waals surface area (Å²) in [6.45, 7) is 4.33. The lowest BCUT2D eigenvalue weighted by molar-refractivity contribution is 0.252. The van der Waals surface area contributed by atoms with Gasteiger partial charge in [-0.3, -0.25) is 0 Å². The van der Waals surface area contributed by atoms with Crippen LogP contribution in [0.15, 0.2) is 22.8 Å². The normalized spacial score (nSPS) is 24.3. The molecule has 0 bridgehead atoms. The summed E-state index contributed by atoms with van der Waals surface area (Å²) in [5, 5.41) is 3.52. The molecule has 0 atom stereocenters. The zero-order valence-corrected chi connectivity index (χ0v) is 11.7. The first-order valence-electron chi connectivity index (χ1n) is 7.61. The fraction of sp³-hybridized carbons (Fsp3) is 0.750. The quantitative estimate of drug-likeness (QED) is 0.776. The summed E-state index contributed by atoms with van der Waals surface area (Å²) in [5.74, 6) is 2.95. The number of hydrogen-bond donors (Lipinski definition) is 1. The van der Waals surface area contributed by atoms with Crippen molar-refractivity contribution < 1.29 is 4.42 Å². The number of nitrogens with one attached hydrogen (secondary N) is 1. The van der Waals surface area contributed by atoms with Gasteiger partial charge in [0, 0.05) is 0 Å². The lowest BCUT2D eigenvalue weighted by Gasteiger charge is -2.28. The second kappa shape index (κ2) is 7.63. The molecule has 2 nitrogen and oxygen atoms in total. The molecular weight excluding hydrogens is 222 g/mol. The molecule has 0 aromatic carbocycles. The summed E-state index contributed by atoms with van der Waals surface area (Å²) < 4.78 is 5.32. The second-order valence-corrected chi connectivity index (χ2v) is 5.74. The van der Waals surface area contributed by atoms with Crippen LogP contribution in [0.1, 0.15) is 57.6 Å². The Labute approximate surface area is 111 Å². The third-order valence-corrected chi connectivity index (χ3v) is 4.24. The van der Waals surface area contributed by atoms with Crippen molar-refractivity contribution >= 4 is 0 Å². The second-order valence-electron chi connectivity index (χ2n) is 5.74. The van der Waals surface area contributed by atoms with Gasteiger partial charge >= 0.3 is 0 Å². The van der Waals surface area contributed by atoms with Crippen LogP contribution in [0.4, 0.5) is 0 Å². The standard InChI is InChI=1S/C16H27NO/c1-2-3-5-14-7-9-15(10-8-14)12-17-13-16-6-4-11-18-16/h4,6,11,14-15,17H,2-3,5,7-10,12-13H2,1H3. The molecule has 1 aliphatic carbocycles. The van der Waals surface area contributed by atoms with E-state index in [0.717, 1.165) is 30.7 Å². The lowest BCUT2D eigenvalue weighted by Crippen LogP contribution is -2.26. The van der Waals surface area contributed by atoms with E-state index in [4.69, 9.17) is 4.42 Å². The highest BCUT2D eigenvalue weighted by molar-refractivity contribution is 4.97. The SMILES string of the molecule is CCCCC1CCC(CNCc2ccco2)CC1. The first-order chi connectivity index (χ1) is 8.88. The molecule has 2 heteroatoms. The molecule has 1 saturated carbocycles. The van der Waals surface area contributed by atoms with Crippen LogP contribution in [-0.4, -0.2) is 6.54 Å². The van der Waals surface area contributed by atoms with Gasteiger partial charge in [0.25, 0.3) is 0 Å². The van der Waals surface area contributed by atoms with Gasteiger partial charge in [-0.1, -0.05) is 39.0 Å². The van der Waals surface area contributed by atoms with Gasteiger partial charge in [0.05, 0.1) is 12.8 Å². The van der Waals surface area contributed by atoms with Crippen LogP contribution in [0.3, 0.4) is 0 Å². The van der Waals surface area contributed by atoms with E-state index in [9.17, 15) is 0 Å². The summed E-state index contributed by atoms with van der Waals surface area (Å²) in [5.41, 5.74) is 0. The van der Waals surface area contributed by atoms with Crippen LogP contribution in [0, 0.1) is 11.8 Å². The summed E-state index contributed by atoms with van der Waals surface area (Å²) in [4.78, 5) is 0. The molecule has 0 amide bonds. The van der Waals surface area contributed by atoms with Gasteiger partial charge in [-0.2, -0.15) is 0 Å². The molecule has 1 N–H and O–H groups in total. The predicted octanol–water partition coefficient (Wildman–Crippen LogP) is 4.37. The van der Waals surface area contributed by atoms with Gasteiger partial charge in [0.1, 0.15) is 5.76 Å². The van der Waals surface area contributed by atoms with E-state index in [1.54, 1.807) is 6.26 Å². The number of unbranched alkanes of at least 4 members (excludes halogenated alkanes) is 1. The third-order valence-electron chi connectivity index (χ3n) is 4.24. The Morgan fingerprint density at radius 2 is 2.00 bits per heavy atom. The van der Waals surface area contributed by atoms with E-state index in [-0.39, 0.29) is 0 Å². The van der Waals surface area contributed by atoms with E-state index in [1.807, 2.05) is 12.1 Å². The van der Waals surface area contributed by atoms with Gasteiger partial charge in [0.15, 0.2) is 0 Å². The van der Waals surface area contributed by atoms with Crippen molar-refractivity contribution in [1.82, 2.24) is 5.32 Å². The highest BCUT2D eigenvalue weighted by Crippen LogP contribution is 2.31. The van der Waals surface area contributed by atoms with Crippen molar-refractivity contribution in [3.63, 3.8) is 0 Å². The Balaban J connectivity index is 1.56. The Morgan fingerprint density at radius 3 is 2.67 bits per heavy atom. The first-order valence-corrected chi connectivity index (χ1v) is 7.61. The van der Waals surface area contributed by atoms with Gasteiger partial charge in [-0.15, -0.1) is 0 Å². The summed E-state index contributed by atoms with van der Waals surface area (Å²) in [6.07, 6.45) is 11.7. The van der Waals surface area contributed by atoms with Crippen LogP contribution in [-0.2, 0) is 6.54 Å². The maximum absolute atomic E-state index is 5.32. The number of rotatable bonds is 7. The average Bonchev–Trinajstić information content (AvgIpc) is 2.91. The van der Waals surface area contributed by atoms with Gasteiger partial charge in [-0.05, 0) is 43.4 Å². The minimum Gasteiger partial charge on any atom is -0.468 e. The Bertz CT molecular complexity index is 299. The van der Waals surface area contributed by atoms with E-state index in [1.165, 1.54) is 44.9 Å². The van der Waals surface area contributed by atoms with Gasteiger partial charge in [0.2, 0.25) is 0 Å². The maximum atomic E-state index is 5.32. The van der Waals surface area contributed by atoms with E-state index in [2.05, 4.69) is 12.2 Å².